The van der Waals surface area contributed by atoms with E-state index < -0.39 is 29.7 Å². The summed E-state index contributed by atoms with van der Waals surface area (Å²) in [6, 6.07) is 12.8. The van der Waals surface area contributed by atoms with Crippen LogP contribution >= 0.6 is 0 Å². The number of hydrogen-bond acceptors (Lipinski definition) is 6. The Morgan fingerprint density at radius 2 is 1.55 bits per heavy atom. The van der Waals surface area contributed by atoms with Crippen LogP contribution in [0.5, 0.6) is 11.5 Å². The lowest BCUT2D eigenvalue weighted by molar-refractivity contribution is -0.143. The van der Waals surface area contributed by atoms with Gasteiger partial charge in [-0.05, 0) is 48.4 Å². The molecule has 0 aromatic heterocycles. The number of carbonyl (C=O) groups excluding carboxylic acids is 3. The van der Waals surface area contributed by atoms with Crippen molar-refractivity contribution in [1.82, 2.24) is 4.90 Å². The van der Waals surface area contributed by atoms with Gasteiger partial charge in [0.05, 0.1) is 32.7 Å². The minimum absolute atomic E-state index is 0.160. The molecular weight excluding hydrogens is 428 g/mol. The molecule has 3 amide bonds. The molecule has 1 atom stereocenters. The minimum atomic E-state index is -1.10. The van der Waals surface area contributed by atoms with Gasteiger partial charge in [0.25, 0.3) is 5.91 Å². The summed E-state index contributed by atoms with van der Waals surface area (Å²) in [4.78, 5) is 52.2. The van der Waals surface area contributed by atoms with E-state index in [2.05, 4.69) is 0 Å². The van der Waals surface area contributed by atoms with Crippen LogP contribution in [0.4, 0.5) is 5.69 Å². The van der Waals surface area contributed by atoms with E-state index in [0.29, 0.717) is 23.6 Å². The van der Waals surface area contributed by atoms with Crippen LogP contribution in [0.3, 0.4) is 0 Å². The first-order valence-electron chi connectivity index (χ1n) is 10.5. The Labute approximate surface area is 191 Å². The van der Waals surface area contributed by atoms with Gasteiger partial charge >= 0.3 is 5.97 Å². The van der Waals surface area contributed by atoms with Crippen molar-refractivity contribution in [3.8, 4) is 11.5 Å². The van der Waals surface area contributed by atoms with Crippen LogP contribution in [-0.2, 0) is 25.6 Å². The predicted octanol–water partition coefficient (Wildman–Crippen LogP) is 2.27. The zero-order valence-electron chi connectivity index (χ0n) is 18.5. The van der Waals surface area contributed by atoms with Crippen molar-refractivity contribution in [1.29, 1.82) is 0 Å². The molecule has 0 radical (unpaired) electrons. The highest BCUT2D eigenvalue weighted by Gasteiger charge is 2.44. The van der Waals surface area contributed by atoms with Gasteiger partial charge in [-0.25, -0.2) is 4.90 Å². The Kier molecular flexibility index (Phi) is 7.66. The Morgan fingerprint density at radius 3 is 2.09 bits per heavy atom. The average Bonchev–Trinajstić information content (AvgIpc) is 3.11. The van der Waals surface area contributed by atoms with E-state index in [9.17, 15) is 19.2 Å². The highest BCUT2D eigenvalue weighted by molar-refractivity contribution is 6.23. The van der Waals surface area contributed by atoms with E-state index in [-0.39, 0.29) is 25.8 Å². The predicted molar refractivity (Wildman–Crippen MR) is 119 cm³/mol. The number of carbonyl (C=O) groups is 4. The summed E-state index contributed by atoms with van der Waals surface area (Å²) in [5.41, 5.74) is 1.30. The maximum Gasteiger partial charge on any atom is 0.303 e. The molecule has 1 heterocycles. The van der Waals surface area contributed by atoms with Gasteiger partial charge in [0, 0.05) is 13.0 Å². The molecule has 1 saturated heterocycles. The first kappa shape index (κ1) is 23.8. The smallest absolute Gasteiger partial charge is 0.303 e. The normalized spacial score (nSPS) is 15.5. The summed E-state index contributed by atoms with van der Waals surface area (Å²) in [6.07, 6.45) is -0.330. The monoisotopic (exact) mass is 454 g/mol. The summed E-state index contributed by atoms with van der Waals surface area (Å²) < 4.78 is 10.3. The minimum Gasteiger partial charge on any atom is -0.497 e. The number of carboxylic acids is 1. The largest absolute Gasteiger partial charge is 0.497 e. The molecule has 2 aromatic rings. The first-order chi connectivity index (χ1) is 15.8. The van der Waals surface area contributed by atoms with E-state index in [1.165, 1.54) is 12.0 Å². The third-order valence-electron chi connectivity index (χ3n) is 5.50. The number of nitrogens with zero attached hydrogens (tertiary/aromatic N) is 2. The summed E-state index contributed by atoms with van der Waals surface area (Å²) in [5.74, 6) is -1.24. The fraction of sp³-hybridized carbons (Fsp3) is 0.333. The van der Waals surface area contributed by atoms with Gasteiger partial charge in [0.2, 0.25) is 11.8 Å². The fourth-order valence-electron chi connectivity index (χ4n) is 3.72. The summed E-state index contributed by atoms with van der Waals surface area (Å²) in [6.45, 7) is 0.172. The lowest BCUT2D eigenvalue weighted by Gasteiger charge is -2.28. The van der Waals surface area contributed by atoms with Gasteiger partial charge in [0.15, 0.2) is 0 Å². The average molecular weight is 454 g/mol. The molecular formula is C24H26N2O7. The second-order valence-electron chi connectivity index (χ2n) is 7.56. The Balaban J connectivity index is 1.80. The van der Waals surface area contributed by atoms with Crippen molar-refractivity contribution < 1.29 is 33.8 Å². The van der Waals surface area contributed by atoms with Crippen molar-refractivity contribution >= 4 is 29.4 Å². The molecule has 9 heteroatoms. The second-order valence-corrected chi connectivity index (χ2v) is 7.56. The quantitative estimate of drug-likeness (QED) is 0.548. The number of benzene rings is 2. The standard InChI is InChI=1S/C24H26N2O7/c1-32-18-7-3-16(4-8-18)13-14-25(21(27)11-12-23(29)30)20-15-22(28)26(24(20)31)17-5-9-19(33-2)10-6-17/h3-10,20H,11-15H2,1-2H3,(H,29,30). The third kappa shape index (κ3) is 5.68. The number of amides is 3. The van der Waals surface area contributed by atoms with Gasteiger partial charge in [-0.3, -0.25) is 19.2 Å². The molecule has 174 valence electrons. The molecule has 1 unspecified atom stereocenters. The number of ether oxygens (including phenoxy) is 2. The summed E-state index contributed by atoms with van der Waals surface area (Å²) in [5, 5.41) is 8.97. The number of hydrogen-bond donors (Lipinski definition) is 1. The number of carboxylic acid groups (broad SMARTS) is 1. The van der Waals surface area contributed by atoms with Gasteiger partial charge in [-0.1, -0.05) is 12.1 Å². The highest BCUT2D eigenvalue weighted by atomic mass is 16.5. The number of rotatable bonds is 10. The SMILES string of the molecule is COc1ccc(CCN(C(=O)CCC(=O)O)C2CC(=O)N(c3ccc(OC)cc3)C2=O)cc1. The molecule has 1 fully saturated rings. The number of imide groups is 1. The maximum atomic E-state index is 13.2. The maximum absolute atomic E-state index is 13.2. The lowest BCUT2D eigenvalue weighted by Crippen LogP contribution is -2.46. The van der Waals surface area contributed by atoms with Crippen LogP contribution in [0.25, 0.3) is 0 Å². The van der Waals surface area contributed by atoms with Crippen molar-refractivity contribution in [2.24, 2.45) is 0 Å². The van der Waals surface area contributed by atoms with E-state index >= 15 is 0 Å². The molecule has 1 N–H and O–H groups in total. The fourth-order valence-corrected chi connectivity index (χ4v) is 3.72. The molecule has 0 aliphatic carbocycles. The van der Waals surface area contributed by atoms with Crippen molar-refractivity contribution in [2.75, 3.05) is 25.7 Å². The molecule has 0 bridgehead atoms. The molecule has 1 aliphatic rings. The van der Waals surface area contributed by atoms with E-state index in [1.807, 2.05) is 12.1 Å². The number of methoxy groups -OCH3 is 2. The molecule has 1 aliphatic heterocycles. The molecule has 2 aromatic carbocycles. The van der Waals surface area contributed by atoms with E-state index in [1.54, 1.807) is 43.5 Å². The summed E-state index contributed by atoms with van der Waals surface area (Å²) in [7, 11) is 3.08. The number of aliphatic carboxylic acids is 1. The topological polar surface area (TPSA) is 113 Å². The van der Waals surface area contributed by atoms with Gasteiger partial charge in [-0.15, -0.1) is 0 Å². The highest BCUT2D eigenvalue weighted by Crippen LogP contribution is 2.28. The Hall–Kier alpha value is -3.88. The van der Waals surface area contributed by atoms with Crippen LogP contribution in [0.15, 0.2) is 48.5 Å². The molecule has 0 saturated carbocycles. The Morgan fingerprint density at radius 1 is 0.970 bits per heavy atom. The van der Waals surface area contributed by atoms with E-state index in [4.69, 9.17) is 14.6 Å². The lowest BCUT2D eigenvalue weighted by atomic mass is 10.1. The van der Waals surface area contributed by atoms with Gasteiger partial charge < -0.3 is 19.5 Å². The Bertz CT molecular complexity index is 1020. The second kappa shape index (κ2) is 10.6. The third-order valence-corrected chi connectivity index (χ3v) is 5.50. The van der Waals surface area contributed by atoms with Crippen molar-refractivity contribution in [3.63, 3.8) is 0 Å². The summed E-state index contributed by atoms with van der Waals surface area (Å²) >= 11 is 0. The number of anilines is 1. The van der Waals surface area contributed by atoms with Gasteiger partial charge in [0.1, 0.15) is 17.5 Å². The van der Waals surface area contributed by atoms with E-state index in [0.717, 1.165) is 10.5 Å². The molecule has 3 rings (SSSR count). The van der Waals surface area contributed by atoms with Crippen LogP contribution in [0.2, 0.25) is 0 Å². The zero-order chi connectivity index (χ0) is 24.0. The molecule has 33 heavy (non-hydrogen) atoms. The first-order valence-corrected chi connectivity index (χ1v) is 10.5. The van der Waals surface area contributed by atoms with Crippen LogP contribution in [0, 0.1) is 0 Å². The van der Waals surface area contributed by atoms with Gasteiger partial charge in [-0.2, -0.15) is 0 Å². The van der Waals surface area contributed by atoms with Crippen molar-refractivity contribution in [2.45, 2.75) is 31.7 Å². The van der Waals surface area contributed by atoms with Crippen molar-refractivity contribution in [3.05, 3.63) is 54.1 Å². The van der Waals surface area contributed by atoms with Crippen LogP contribution in [-0.4, -0.2) is 60.5 Å². The van der Waals surface area contributed by atoms with Crippen LogP contribution < -0.4 is 14.4 Å². The zero-order valence-corrected chi connectivity index (χ0v) is 18.5. The van der Waals surface area contributed by atoms with Crippen LogP contribution in [0.1, 0.15) is 24.8 Å². The molecule has 9 nitrogen and oxygen atoms in total. The molecule has 0 spiro atoms.